The van der Waals surface area contributed by atoms with Gasteiger partial charge in [-0.15, -0.1) is 0 Å². The molecule has 0 unspecified atom stereocenters. The summed E-state index contributed by atoms with van der Waals surface area (Å²) < 4.78 is 7.51. The van der Waals surface area contributed by atoms with Crippen molar-refractivity contribution in [3.05, 3.63) is 93.4 Å². The smallest absolute Gasteiger partial charge is 0.412 e. The van der Waals surface area contributed by atoms with Crippen molar-refractivity contribution >= 4 is 60.9 Å². The maximum atomic E-state index is 12.8. The van der Waals surface area contributed by atoms with Crippen LogP contribution in [-0.2, 0) is 9.53 Å². The molecule has 0 heterocycles. The Balaban J connectivity index is 1.71. The molecule has 0 radical (unpaired) electrons. The van der Waals surface area contributed by atoms with Gasteiger partial charge in [-0.3, -0.25) is 10.1 Å². The van der Waals surface area contributed by atoms with E-state index in [1.807, 2.05) is 26.0 Å². The maximum absolute atomic E-state index is 12.8. The number of rotatable bonds is 9. The van der Waals surface area contributed by atoms with Gasteiger partial charge < -0.3 is 20.9 Å². The molecular formula is C28H29Br2N3O4. The first-order valence-corrected chi connectivity index (χ1v) is 13.2. The first-order chi connectivity index (χ1) is 17.5. The number of para-hydroxylation sites is 2. The molecule has 3 aromatic carbocycles. The molecule has 0 spiro atoms. The second kappa shape index (κ2) is 12.8. The standard InChI is InChI=1S/C28H29Br2N3O4/c1-28(2,16-6-5-9-25(35)33-23-8-4-3-7-22(23)31)26(21-17-19(30)12-15-24(21)34)37-27(36)32-20-13-10-18(29)11-14-20/h3-5,7-15,17,26,34H,6,16,31H2,1-2H3,(H,32,36)(H,33,35)/b9-5+/t26-/m0/s1. The van der Waals surface area contributed by atoms with Crippen LogP contribution in [0.15, 0.2) is 87.8 Å². The van der Waals surface area contributed by atoms with Crippen molar-refractivity contribution in [3.8, 4) is 5.75 Å². The summed E-state index contributed by atoms with van der Waals surface area (Å²) in [6, 6.07) is 19.2. The number of phenolic OH excluding ortho intramolecular Hbond substituents is 1. The highest BCUT2D eigenvalue weighted by atomic mass is 79.9. The fourth-order valence-corrected chi connectivity index (χ4v) is 4.37. The first-order valence-electron chi connectivity index (χ1n) is 11.6. The Morgan fingerprint density at radius 3 is 2.41 bits per heavy atom. The Morgan fingerprint density at radius 2 is 1.70 bits per heavy atom. The number of phenols is 1. The Hall–Kier alpha value is -3.30. The molecule has 3 rings (SSSR count). The molecule has 0 aliphatic rings. The molecule has 0 saturated carbocycles. The zero-order chi connectivity index (χ0) is 27.0. The Kier molecular flexibility index (Phi) is 9.77. The summed E-state index contributed by atoms with van der Waals surface area (Å²) in [6.45, 7) is 3.90. The summed E-state index contributed by atoms with van der Waals surface area (Å²) in [6.07, 6.45) is 2.90. The third-order valence-corrected chi connectivity index (χ3v) is 6.76. The highest BCUT2D eigenvalue weighted by Gasteiger charge is 2.35. The monoisotopic (exact) mass is 629 g/mol. The largest absolute Gasteiger partial charge is 0.508 e. The van der Waals surface area contributed by atoms with Gasteiger partial charge in [0.2, 0.25) is 5.91 Å². The molecule has 194 valence electrons. The van der Waals surface area contributed by atoms with Crippen LogP contribution in [0.2, 0.25) is 0 Å². The SMILES string of the molecule is CC(C)(CC/C=C/C(=O)Nc1ccccc1N)[C@@H](OC(=O)Nc1ccc(Br)cc1)c1cc(Br)ccc1O. The molecule has 2 amide bonds. The number of nitrogens with two attached hydrogens (primary N) is 1. The summed E-state index contributed by atoms with van der Waals surface area (Å²) in [5, 5.41) is 16.1. The molecule has 7 nitrogen and oxygen atoms in total. The number of hydrogen-bond acceptors (Lipinski definition) is 5. The van der Waals surface area contributed by atoms with E-state index in [1.165, 1.54) is 6.08 Å². The van der Waals surface area contributed by atoms with E-state index in [0.29, 0.717) is 35.5 Å². The van der Waals surface area contributed by atoms with Gasteiger partial charge in [-0.1, -0.05) is 63.9 Å². The molecule has 1 atom stereocenters. The van der Waals surface area contributed by atoms with E-state index in [-0.39, 0.29) is 11.7 Å². The van der Waals surface area contributed by atoms with Crippen LogP contribution in [0, 0.1) is 5.41 Å². The van der Waals surface area contributed by atoms with Gasteiger partial charge in [0.1, 0.15) is 11.9 Å². The molecule has 0 aromatic heterocycles. The molecule has 0 aliphatic heterocycles. The molecule has 0 bridgehead atoms. The highest BCUT2D eigenvalue weighted by molar-refractivity contribution is 9.10. The van der Waals surface area contributed by atoms with Crippen LogP contribution in [0.3, 0.4) is 0 Å². The molecule has 0 fully saturated rings. The number of hydrogen-bond donors (Lipinski definition) is 4. The topological polar surface area (TPSA) is 114 Å². The van der Waals surface area contributed by atoms with Crippen molar-refractivity contribution in [2.45, 2.75) is 32.8 Å². The van der Waals surface area contributed by atoms with E-state index in [2.05, 4.69) is 42.5 Å². The zero-order valence-corrected chi connectivity index (χ0v) is 23.7. The highest BCUT2D eigenvalue weighted by Crippen LogP contribution is 2.44. The lowest BCUT2D eigenvalue weighted by Crippen LogP contribution is -2.29. The van der Waals surface area contributed by atoms with E-state index < -0.39 is 17.6 Å². The second-order valence-corrected chi connectivity index (χ2v) is 11.0. The van der Waals surface area contributed by atoms with E-state index >= 15 is 0 Å². The normalized spacial score (nSPS) is 12.2. The number of halogens is 2. The number of ether oxygens (including phenoxy) is 1. The lowest BCUT2D eigenvalue weighted by Gasteiger charge is -2.34. The van der Waals surface area contributed by atoms with Crippen molar-refractivity contribution in [1.82, 2.24) is 0 Å². The van der Waals surface area contributed by atoms with Crippen LogP contribution >= 0.6 is 31.9 Å². The van der Waals surface area contributed by atoms with Crippen LogP contribution in [0.5, 0.6) is 5.75 Å². The van der Waals surface area contributed by atoms with Gasteiger partial charge in [0.15, 0.2) is 0 Å². The Morgan fingerprint density at radius 1 is 1.03 bits per heavy atom. The fraction of sp³-hybridized carbons (Fsp3) is 0.214. The minimum atomic E-state index is -0.771. The molecular weight excluding hydrogens is 602 g/mol. The lowest BCUT2D eigenvalue weighted by atomic mass is 9.78. The van der Waals surface area contributed by atoms with E-state index in [0.717, 1.165) is 8.95 Å². The van der Waals surface area contributed by atoms with E-state index in [1.54, 1.807) is 60.7 Å². The quantitative estimate of drug-likeness (QED) is 0.142. The number of amides is 2. The van der Waals surface area contributed by atoms with E-state index in [9.17, 15) is 14.7 Å². The zero-order valence-electron chi connectivity index (χ0n) is 20.5. The molecule has 0 saturated heterocycles. The number of anilines is 3. The number of carbonyl (C=O) groups excluding carboxylic acids is 2. The summed E-state index contributed by atoms with van der Waals surface area (Å²) >= 11 is 6.80. The molecule has 3 aromatic rings. The number of nitrogen functional groups attached to an aromatic ring is 1. The average molecular weight is 631 g/mol. The Labute approximate surface area is 233 Å². The lowest BCUT2D eigenvalue weighted by molar-refractivity contribution is -0.111. The average Bonchev–Trinajstić information content (AvgIpc) is 2.85. The molecule has 9 heteroatoms. The number of benzene rings is 3. The van der Waals surface area contributed by atoms with Crippen LogP contribution in [0.25, 0.3) is 0 Å². The number of aromatic hydroxyl groups is 1. The van der Waals surface area contributed by atoms with Crippen LogP contribution < -0.4 is 16.4 Å². The van der Waals surface area contributed by atoms with Crippen LogP contribution in [-0.4, -0.2) is 17.1 Å². The minimum Gasteiger partial charge on any atom is -0.508 e. The van der Waals surface area contributed by atoms with Crippen LogP contribution in [0.4, 0.5) is 21.9 Å². The van der Waals surface area contributed by atoms with Gasteiger partial charge in [0, 0.05) is 25.6 Å². The predicted octanol–water partition coefficient (Wildman–Crippen LogP) is 7.79. The van der Waals surface area contributed by atoms with Gasteiger partial charge in [-0.2, -0.15) is 0 Å². The number of carbonyl (C=O) groups is 2. The van der Waals surface area contributed by atoms with Crippen molar-refractivity contribution in [2.24, 2.45) is 5.41 Å². The maximum Gasteiger partial charge on any atom is 0.412 e. The molecule has 5 N–H and O–H groups in total. The van der Waals surface area contributed by atoms with Crippen molar-refractivity contribution < 1.29 is 19.4 Å². The summed E-state index contributed by atoms with van der Waals surface area (Å²) in [5.74, 6) is -0.268. The van der Waals surface area contributed by atoms with Crippen LogP contribution in [0.1, 0.15) is 38.4 Å². The fourth-order valence-electron chi connectivity index (χ4n) is 3.73. The van der Waals surface area contributed by atoms with Crippen molar-refractivity contribution in [3.63, 3.8) is 0 Å². The third-order valence-electron chi connectivity index (χ3n) is 5.74. The van der Waals surface area contributed by atoms with E-state index in [4.69, 9.17) is 10.5 Å². The summed E-state index contributed by atoms with van der Waals surface area (Å²) in [7, 11) is 0. The minimum absolute atomic E-state index is 0.0214. The van der Waals surface area contributed by atoms with Gasteiger partial charge in [0.05, 0.1) is 11.4 Å². The first kappa shape index (κ1) is 28.3. The molecule has 0 aliphatic carbocycles. The Bertz CT molecular complexity index is 1280. The summed E-state index contributed by atoms with van der Waals surface area (Å²) in [4.78, 5) is 25.1. The summed E-state index contributed by atoms with van der Waals surface area (Å²) in [5.41, 5.74) is 7.37. The van der Waals surface area contributed by atoms with Gasteiger partial charge in [0.25, 0.3) is 0 Å². The third kappa shape index (κ3) is 8.36. The second-order valence-electron chi connectivity index (χ2n) is 9.13. The van der Waals surface area contributed by atoms with Gasteiger partial charge in [-0.05, 0) is 73.5 Å². The molecule has 37 heavy (non-hydrogen) atoms. The van der Waals surface area contributed by atoms with Gasteiger partial charge in [-0.25, -0.2) is 4.79 Å². The van der Waals surface area contributed by atoms with Crippen molar-refractivity contribution in [1.29, 1.82) is 0 Å². The number of allylic oxidation sites excluding steroid dienone is 1. The predicted molar refractivity (Wildman–Crippen MR) is 154 cm³/mol. The van der Waals surface area contributed by atoms with Crippen molar-refractivity contribution in [2.75, 3.05) is 16.4 Å². The number of nitrogens with one attached hydrogen (secondary N) is 2. The van der Waals surface area contributed by atoms with Gasteiger partial charge >= 0.3 is 6.09 Å².